The molecule has 228 valence electrons. The van der Waals surface area contributed by atoms with E-state index in [1.54, 1.807) is 0 Å². The van der Waals surface area contributed by atoms with Crippen molar-refractivity contribution in [2.75, 3.05) is 6.54 Å². The van der Waals surface area contributed by atoms with Gasteiger partial charge in [0, 0.05) is 23.2 Å². The van der Waals surface area contributed by atoms with Gasteiger partial charge in [-0.25, -0.2) is 14.5 Å². The first-order valence-electron chi connectivity index (χ1n) is 13.9. The fourth-order valence-electron chi connectivity index (χ4n) is 4.68. The zero-order valence-corrected chi connectivity index (χ0v) is 25.4. The second-order valence-corrected chi connectivity index (χ2v) is 11.4. The number of rotatable bonds is 8. The minimum atomic E-state index is -4.75. The molecule has 5 rings (SSSR count). The van der Waals surface area contributed by atoms with E-state index in [9.17, 15) is 18.0 Å². The minimum absolute atomic E-state index is 0.310. The molecule has 0 saturated carbocycles. The topological polar surface area (TPSA) is 86.3 Å². The highest BCUT2D eigenvalue weighted by molar-refractivity contribution is 7.07. The van der Waals surface area contributed by atoms with Crippen LogP contribution in [0.5, 0.6) is 5.75 Å². The van der Waals surface area contributed by atoms with Gasteiger partial charge in [0.2, 0.25) is 0 Å². The Morgan fingerprint density at radius 2 is 1.77 bits per heavy atom. The van der Waals surface area contributed by atoms with Gasteiger partial charge in [-0.2, -0.15) is 4.99 Å². The second-order valence-electron chi connectivity index (χ2n) is 10.6. The SMILES string of the molecule is Cc1ccc(C(C)C)c(-n2c(C)csc2=NC(=O)NCCc2ccc(-c3ncn(-c4ccc(OC(F)(F)F)cc4)n3)cc2)c1. The Morgan fingerprint density at radius 1 is 1.05 bits per heavy atom. The zero-order chi connectivity index (χ0) is 31.4. The fraction of sp³-hybridized carbons (Fsp3) is 0.250. The molecular formula is C32H31F3N6O2S. The maximum Gasteiger partial charge on any atom is 0.573 e. The van der Waals surface area contributed by atoms with E-state index in [0.717, 1.165) is 28.1 Å². The van der Waals surface area contributed by atoms with Crippen LogP contribution in [0.2, 0.25) is 0 Å². The lowest BCUT2D eigenvalue weighted by Gasteiger charge is -2.16. The van der Waals surface area contributed by atoms with Gasteiger partial charge in [-0.3, -0.25) is 4.57 Å². The van der Waals surface area contributed by atoms with Crippen molar-refractivity contribution in [2.45, 2.75) is 46.4 Å². The molecular weight excluding hydrogens is 589 g/mol. The van der Waals surface area contributed by atoms with Gasteiger partial charge in [-0.05, 0) is 73.2 Å². The number of aromatic nitrogens is 4. The molecule has 12 heteroatoms. The largest absolute Gasteiger partial charge is 0.573 e. The maximum atomic E-state index is 12.8. The van der Waals surface area contributed by atoms with Crippen LogP contribution in [0.1, 0.15) is 42.1 Å². The predicted molar refractivity (Wildman–Crippen MR) is 163 cm³/mol. The van der Waals surface area contributed by atoms with E-state index >= 15 is 0 Å². The lowest BCUT2D eigenvalue weighted by atomic mass is 9.99. The van der Waals surface area contributed by atoms with Gasteiger partial charge >= 0.3 is 12.4 Å². The highest BCUT2D eigenvalue weighted by atomic mass is 32.1. The summed E-state index contributed by atoms with van der Waals surface area (Å²) in [5.41, 5.74) is 6.72. The van der Waals surface area contributed by atoms with Gasteiger partial charge in [0.25, 0.3) is 0 Å². The Balaban J connectivity index is 1.20. The van der Waals surface area contributed by atoms with E-state index in [0.29, 0.717) is 35.2 Å². The van der Waals surface area contributed by atoms with E-state index < -0.39 is 12.4 Å². The standard InChI is InChI=1S/C32H31F3N6O2S/c1-20(2)27-14-5-21(3)17-28(27)41-22(4)18-44-31(41)38-30(42)36-16-15-23-6-8-24(9-7-23)29-37-19-40(39-29)25-10-12-26(13-11-25)43-32(33,34)35/h5-14,17-20H,15-16H2,1-4H3,(H,36,42). The van der Waals surface area contributed by atoms with Crippen molar-refractivity contribution in [1.82, 2.24) is 24.6 Å². The summed E-state index contributed by atoms with van der Waals surface area (Å²) in [5.74, 6) is 0.474. The van der Waals surface area contributed by atoms with Gasteiger partial charge in [-0.15, -0.1) is 29.6 Å². The lowest BCUT2D eigenvalue weighted by molar-refractivity contribution is -0.274. The molecule has 0 bridgehead atoms. The summed E-state index contributed by atoms with van der Waals surface area (Å²) in [5, 5.41) is 9.32. The van der Waals surface area contributed by atoms with Crippen LogP contribution in [0.3, 0.4) is 0 Å². The molecule has 5 aromatic rings. The van der Waals surface area contributed by atoms with Crippen LogP contribution in [-0.2, 0) is 6.42 Å². The van der Waals surface area contributed by atoms with E-state index in [1.165, 1.54) is 52.2 Å². The number of aryl methyl sites for hydroxylation is 2. The Morgan fingerprint density at radius 3 is 2.45 bits per heavy atom. The van der Waals surface area contributed by atoms with Crippen LogP contribution in [-0.4, -0.2) is 38.3 Å². The predicted octanol–water partition coefficient (Wildman–Crippen LogP) is 7.28. The summed E-state index contributed by atoms with van der Waals surface area (Å²) >= 11 is 1.43. The number of carbonyl (C=O) groups is 1. The molecule has 0 spiro atoms. The fourth-order valence-corrected chi connectivity index (χ4v) is 5.54. The molecule has 0 aliphatic carbocycles. The number of nitrogens with one attached hydrogen (secondary N) is 1. The van der Waals surface area contributed by atoms with Crippen LogP contribution in [0, 0.1) is 13.8 Å². The van der Waals surface area contributed by atoms with Crippen molar-refractivity contribution in [3.8, 4) is 28.5 Å². The Labute approximate surface area is 256 Å². The van der Waals surface area contributed by atoms with E-state index in [4.69, 9.17) is 0 Å². The molecule has 3 aromatic carbocycles. The number of amides is 2. The molecule has 0 unspecified atom stereocenters. The van der Waals surface area contributed by atoms with Crippen molar-refractivity contribution >= 4 is 17.4 Å². The first-order chi connectivity index (χ1) is 21.0. The number of nitrogens with zero attached hydrogens (tertiary/aromatic N) is 5. The van der Waals surface area contributed by atoms with Crippen LogP contribution in [0.4, 0.5) is 18.0 Å². The Kier molecular flexibility index (Phi) is 9.00. The lowest BCUT2D eigenvalue weighted by Crippen LogP contribution is -2.26. The van der Waals surface area contributed by atoms with Crippen molar-refractivity contribution in [1.29, 1.82) is 0 Å². The minimum Gasteiger partial charge on any atom is -0.406 e. The van der Waals surface area contributed by atoms with Crippen molar-refractivity contribution < 1.29 is 22.7 Å². The zero-order valence-electron chi connectivity index (χ0n) is 24.6. The summed E-state index contributed by atoms with van der Waals surface area (Å²) in [7, 11) is 0. The number of halogens is 3. The molecule has 1 N–H and O–H groups in total. The third kappa shape index (κ3) is 7.43. The number of ether oxygens (including phenoxy) is 1. The molecule has 0 aliphatic rings. The van der Waals surface area contributed by atoms with Gasteiger partial charge in [0.05, 0.1) is 11.4 Å². The summed E-state index contributed by atoms with van der Waals surface area (Å²) in [6, 6.07) is 19.0. The number of thiazole rings is 1. The number of hydrogen-bond donors (Lipinski definition) is 1. The quantitative estimate of drug-likeness (QED) is 0.198. The van der Waals surface area contributed by atoms with Gasteiger partial charge in [-0.1, -0.05) is 50.2 Å². The molecule has 2 heterocycles. The summed E-state index contributed by atoms with van der Waals surface area (Å²) in [6.07, 6.45) is -2.65. The molecule has 2 amide bonds. The number of urea groups is 1. The normalized spacial score (nSPS) is 12.1. The number of hydrogen-bond acceptors (Lipinski definition) is 5. The Hall–Kier alpha value is -4.71. The highest BCUT2D eigenvalue weighted by Crippen LogP contribution is 2.26. The number of carbonyl (C=O) groups excluding carboxylic acids is 1. The molecule has 8 nitrogen and oxygen atoms in total. The summed E-state index contributed by atoms with van der Waals surface area (Å²) in [6.45, 7) is 8.78. The molecule has 2 aromatic heterocycles. The van der Waals surface area contributed by atoms with Gasteiger partial charge in [0.15, 0.2) is 10.6 Å². The molecule has 0 fully saturated rings. The summed E-state index contributed by atoms with van der Waals surface area (Å²) in [4.78, 5) is 22.1. The second kappa shape index (κ2) is 12.9. The average molecular weight is 621 g/mol. The summed E-state index contributed by atoms with van der Waals surface area (Å²) < 4.78 is 44.6. The number of alkyl halides is 3. The smallest absolute Gasteiger partial charge is 0.406 e. The monoisotopic (exact) mass is 620 g/mol. The Bertz CT molecular complexity index is 1820. The highest BCUT2D eigenvalue weighted by Gasteiger charge is 2.31. The van der Waals surface area contributed by atoms with Crippen molar-refractivity contribution in [3.63, 3.8) is 0 Å². The van der Waals surface area contributed by atoms with Gasteiger partial charge < -0.3 is 10.1 Å². The third-order valence-electron chi connectivity index (χ3n) is 6.85. The average Bonchev–Trinajstić information content (AvgIpc) is 3.60. The number of benzene rings is 3. The molecule has 0 aliphatic heterocycles. The van der Waals surface area contributed by atoms with Crippen LogP contribution < -0.4 is 14.9 Å². The van der Waals surface area contributed by atoms with Crippen LogP contribution >= 0.6 is 11.3 Å². The van der Waals surface area contributed by atoms with Crippen LogP contribution in [0.25, 0.3) is 22.8 Å². The van der Waals surface area contributed by atoms with Crippen molar-refractivity contribution in [2.24, 2.45) is 4.99 Å². The molecule has 0 atom stereocenters. The maximum absolute atomic E-state index is 12.8. The third-order valence-corrected chi connectivity index (χ3v) is 7.80. The van der Waals surface area contributed by atoms with E-state index in [2.05, 4.69) is 64.1 Å². The molecule has 44 heavy (non-hydrogen) atoms. The molecule has 0 radical (unpaired) electrons. The first kappa shape index (κ1) is 30.7. The van der Waals surface area contributed by atoms with E-state index in [1.807, 2.05) is 41.1 Å². The van der Waals surface area contributed by atoms with Gasteiger partial charge in [0.1, 0.15) is 12.1 Å². The van der Waals surface area contributed by atoms with Crippen LogP contribution in [0.15, 0.2) is 83.4 Å². The van der Waals surface area contributed by atoms with E-state index in [-0.39, 0.29) is 5.75 Å². The molecule has 0 saturated heterocycles. The first-order valence-corrected chi connectivity index (χ1v) is 14.8. The van der Waals surface area contributed by atoms with Crippen molar-refractivity contribution in [3.05, 3.63) is 106 Å².